The Morgan fingerprint density at radius 1 is 1.26 bits per heavy atom. The molecule has 0 aromatic heterocycles. The largest absolute Gasteiger partial charge is 0.325 e. The highest BCUT2D eigenvalue weighted by Crippen LogP contribution is 2.34. The van der Waals surface area contributed by atoms with Gasteiger partial charge in [-0.3, -0.25) is 9.69 Å². The predicted octanol–water partition coefficient (Wildman–Crippen LogP) is 2.44. The Balaban J connectivity index is 2.10. The maximum Gasteiger partial charge on any atom is 0.325 e. The fraction of sp³-hybridized carbons (Fsp3) is 0.857. The van der Waals surface area contributed by atoms with Crippen LogP contribution in [0.15, 0.2) is 0 Å². The van der Waals surface area contributed by atoms with Crippen LogP contribution in [0.5, 0.6) is 0 Å². The highest BCUT2D eigenvalue weighted by molar-refractivity contribution is 7.80. The molecule has 0 radical (unpaired) electrons. The molecular formula is C14H24N2O2S. The molecule has 5 heteroatoms. The van der Waals surface area contributed by atoms with Gasteiger partial charge in [0, 0.05) is 6.54 Å². The van der Waals surface area contributed by atoms with Crippen molar-refractivity contribution in [3.05, 3.63) is 0 Å². The van der Waals surface area contributed by atoms with Gasteiger partial charge in [-0.25, -0.2) is 4.79 Å². The number of hydrogen-bond acceptors (Lipinski definition) is 3. The van der Waals surface area contributed by atoms with Gasteiger partial charge in [0.2, 0.25) is 0 Å². The standard InChI is InChI=1S/C14H24N2O2S/c1-10(2)11(9-19)8-16-12(17)14(15-13(16)18)6-4-3-5-7-14/h10-11,19H,3-9H2,1-2H3,(H,15,18). The van der Waals surface area contributed by atoms with E-state index in [9.17, 15) is 9.59 Å². The van der Waals surface area contributed by atoms with E-state index in [1.165, 1.54) is 4.90 Å². The van der Waals surface area contributed by atoms with Crippen LogP contribution in [-0.2, 0) is 4.79 Å². The quantitative estimate of drug-likeness (QED) is 0.615. The van der Waals surface area contributed by atoms with Crippen molar-refractivity contribution < 1.29 is 9.59 Å². The lowest BCUT2D eigenvalue weighted by Gasteiger charge is -2.31. The second kappa shape index (κ2) is 5.73. The zero-order chi connectivity index (χ0) is 14.0. The number of nitrogens with one attached hydrogen (secondary N) is 1. The SMILES string of the molecule is CC(C)C(CS)CN1C(=O)NC2(CCCCC2)C1=O. The monoisotopic (exact) mass is 284 g/mol. The van der Waals surface area contributed by atoms with Gasteiger partial charge in [0.25, 0.3) is 5.91 Å². The molecular weight excluding hydrogens is 260 g/mol. The van der Waals surface area contributed by atoms with Crippen LogP contribution >= 0.6 is 12.6 Å². The fourth-order valence-corrected chi connectivity index (χ4v) is 3.59. The molecule has 0 aromatic carbocycles. The van der Waals surface area contributed by atoms with Crippen LogP contribution in [0.25, 0.3) is 0 Å². The molecule has 1 aliphatic carbocycles. The molecule has 1 aliphatic heterocycles. The molecule has 4 nitrogen and oxygen atoms in total. The predicted molar refractivity (Wildman–Crippen MR) is 78.2 cm³/mol. The normalized spacial score (nSPS) is 24.1. The summed E-state index contributed by atoms with van der Waals surface area (Å²) in [7, 11) is 0. The van der Waals surface area contributed by atoms with Gasteiger partial charge in [-0.05, 0) is 30.4 Å². The minimum absolute atomic E-state index is 0.00960. The van der Waals surface area contributed by atoms with Crippen LogP contribution in [-0.4, -0.2) is 34.7 Å². The van der Waals surface area contributed by atoms with E-state index >= 15 is 0 Å². The average molecular weight is 284 g/mol. The molecule has 19 heavy (non-hydrogen) atoms. The van der Waals surface area contributed by atoms with E-state index in [1.54, 1.807) is 0 Å². The molecule has 108 valence electrons. The molecule has 2 fully saturated rings. The average Bonchev–Trinajstić information content (AvgIpc) is 2.60. The van der Waals surface area contributed by atoms with Crippen LogP contribution in [0.3, 0.4) is 0 Å². The van der Waals surface area contributed by atoms with Crippen molar-refractivity contribution in [1.29, 1.82) is 0 Å². The van der Waals surface area contributed by atoms with Crippen molar-refractivity contribution in [3.63, 3.8) is 0 Å². The molecule has 1 N–H and O–H groups in total. The summed E-state index contributed by atoms with van der Waals surface area (Å²) in [5, 5.41) is 2.95. The molecule has 0 bridgehead atoms. The van der Waals surface area contributed by atoms with Gasteiger partial charge in [-0.1, -0.05) is 33.1 Å². The molecule has 1 atom stereocenters. The zero-order valence-corrected chi connectivity index (χ0v) is 12.7. The molecule has 2 aliphatic rings. The number of thiol groups is 1. The van der Waals surface area contributed by atoms with Crippen LogP contribution < -0.4 is 5.32 Å². The van der Waals surface area contributed by atoms with E-state index < -0.39 is 5.54 Å². The van der Waals surface area contributed by atoms with Crippen molar-refractivity contribution >= 4 is 24.6 Å². The van der Waals surface area contributed by atoms with E-state index in [0.29, 0.717) is 18.2 Å². The third kappa shape index (κ3) is 2.76. The molecule has 1 heterocycles. The Hall–Kier alpha value is -0.710. The Bertz CT molecular complexity index is 364. The number of nitrogens with zero attached hydrogens (tertiary/aromatic N) is 1. The van der Waals surface area contributed by atoms with E-state index in [-0.39, 0.29) is 17.9 Å². The maximum absolute atomic E-state index is 12.6. The molecule has 3 amide bonds. The highest BCUT2D eigenvalue weighted by atomic mass is 32.1. The summed E-state index contributed by atoms with van der Waals surface area (Å²) in [5.41, 5.74) is -0.590. The Morgan fingerprint density at radius 3 is 2.42 bits per heavy atom. The second-order valence-electron chi connectivity index (χ2n) is 6.18. The zero-order valence-electron chi connectivity index (χ0n) is 11.8. The van der Waals surface area contributed by atoms with Gasteiger partial charge in [0.15, 0.2) is 0 Å². The number of rotatable bonds is 4. The molecule has 1 saturated heterocycles. The topological polar surface area (TPSA) is 49.4 Å². The Morgan fingerprint density at radius 2 is 1.89 bits per heavy atom. The van der Waals surface area contributed by atoms with Gasteiger partial charge in [-0.2, -0.15) is 12.6 Å². The van der Waals surface area contributed by atoms with Crippen molar-refractivity contribution in [2.24, 2.45) is 11.8 Å². The van der Waals surface area contributed by atoms with Crippen LogP contribution in [0.2, 0.25) is 0 Å². The summed E-state index contributed by atoms with van der Waals surface area (Å²) in [4.78, 5) is 26.1. The highest BCUT2D eigenvalue weighted by Gasteiger charge is 2.51. The van der Waals surface area contributed by atoms with Crippen LogP contribution in [0.1, 0.15) is 46.0 Å². The third-order valence-corrected chi connectivity index (χ3v) is 5.02. The lowest BCUT2D eigenvalue weighted by molar-refractivity contribution is -0.132. The molecule has 1 unspecified atom stereocenters. The summed E-state index contributed by atoms with van der Waals surface area (Å²) in [6.07, 6.45) is 4.80. The number of carbonyl (C=O) groups is 2. The number of amides is 3. The first-order chi connectivity index (χ1) is 9.00. The minimum atomic E-state index is -0.590. The first-order valence-corrected chi connectivity index (χ1v) is 7.88. The number of urea groups is 1. The second-order valence-corrected chi connectivity index (χ2v) is 6.54. The van der Waals surface area contributed by atoms with Gasteiger partial charge in [0.05, 0.1) is 0 Å². The summed E-state index contributed by atoms with van der Waals surface area (Å²) < 4.78 is 0. The lowest BCUT2D eigenvalue weighted by atomic mass is 9.81. The van der Waals surface area contributed by atoms with E-state index in [0.717, 1.165) is 32.1 Å². The summed E-state index contributed by atoms with van der Waals surface area (Å²) in [5.74, 6) is 1.37. The van der Waals surface area contributed by atoms with Gasteiger partial charge in [-0.15, -0.1) is 0 Å². The van der Waals surface area contributed by atoms with Crippen molar-refractivity contribution in [2.45, 2.75) is 51.5 Å². The summed E-state index contributed by atoms with van der Waals surface area (Å²) >= 11 is 4.34. The summed E-state index contributed by atoms with van der Waals surface area (Å²) in [6.45, 7) is 4.71. The maximum atomic E-state index is 12.6. The molecule has 1 saturated carbocycles. The third-order valence-electron chi connectivity index (χ3n) is 4.55. The van der Waals surface area contributed by atoms with Crippen molar-refractivity contribution in [2.75, 3.05) is 12.3 Å². The van der Waals surface area contributed by atoms with E-state index in [4.69, 9.17) is 0 Å². The van der Waals surface area contributed by atoms with Gasteiger partial charge >= 0.3 is 6.03 Å². The number of carbonyl (C=O) groups excluding carboxylic acids is 2. The first kappa shape index (κ1) is 14.7. The van der Waals surface area contributed by atoms with E-state index in [1.807, 2.05) is 0 Å². The van der Waals surface area contributed by atoms with Crippen LogP contribution in [0.4, 0.5) is 4.79 Å². The van der Waals surface area contributed by atoms with Gasteiger partial charge in [0.1, 0.15) is 5.54 Å². The van der Waals surface area contributed by atoms with Crippen molar-refractivity contribution in [1.82, 2.24) is 10.2 Å². The fourth-order valence-electron chi connectivity index (χ4n) is 3.05. The first-order valence-electron chi connectivity index (χ1n) is 7.25. The van der Waals surface area contributed by atoms with Crippen molar-refractivity contribution in [3.8, 4) is 0 Å². The molecule has 2 rings (SSSR count). The smallest absolute Gasteiger partial charge is 0.323 e. The van der Waals surface area contributed by atoms with Crippen LogP contribution in [0, 0.1) is 11.8 Å². The van der Waals surface area contributed by atoms with Gasteiger partial charge < -0.3 is 5.32 Å². The number of imide groups is 1. The number of hydrogen-bond donors (Lipinski definition) is 2. The van der Waals surface area contributed by atoms with E-state index in [2.05, 4.69) is 31.8 Å². The summed E-state index contributed by atoms with van der Waals surface area (Å²) in [6, 6.07) is -0.209. The lowest BCUT2D eigenvalue weighted by Crippen LogP contribution is -2.48. The Labute approximate surface area is 120 Å². The molecule has 1 spiro atoms. The molecule has 0 aromatic rings. The Kier molecular flexibility index (Phi) is 4.43. The minimum Gasteiger partial charge on any atom is -0.323 e.